The second-order valence-electron chi connectivity index (χ2n) is 9.25. The second kappa shape index (κ2) is 11.2. The molecule has 7 nitrogen and oxygen atoms in total. The second-order valence-corrected chi connectivity index (χ2v) is 10.2. The molecule has 184 valence electrons. The lowest BCUT2D eigenvalue weighted by Gasteiger charge is -2.22. The Morgan fingerprint density at radius 1 is 1.03 bits per heavy atom. The van der Waals surface area contributed by atoms with Crippen LogP contribution in [0.25, 0.3) is 0 Å². The molecule has 3 aromatic rings. The minimum atomic E-state index is -0.0902. The van der Waals surface area contributed by atoms with Crippen molar-refractivity contribution in [3.8, 4) is 11.5 Å². The number of amides is 1. The molecule has 35 heavy (non-hydrogen) atoms. The Bertz CT molecular complexity index is 1140. The van der Waals surface area contributed by atoms with Gasteiger partial charge in [0, 0.05) is 31.6 Å². The van der Waals surface area contributed by atoms with Crippen LogP contribution >= 0.6 is 11.3 Å². The first-order chi connectivity index (χ1) is 17.1. The third-order valence-corrected chi connectivity index (χ3v) is 7.26. The predicted octanol–water partition coefficient (Wildman–Crippen LogP) is 4.21. The van der Waals surface area contributed by atoms with E-state index in [4.69, 9.17) is 9.47 Å². The van der Waals surface area contributed by atoms with E-state index in [1.807, 2.05) is 17.5 Å². The number of likely N-dealkylation sites (tertiary alicyclic amines) is 1. The van der Waals surface area contributed by atoms with Gasteiger partial charge in [-0.2, -0.15) is 0 Å². The number of ether oxygens (including phenoxy) is 2. The summed E-state index contributed by atoms with van der Waals surface area (Å²) >= 11 is 1.54. The lowest BCUT2D eigenvalue weighted by atomic mass is 10.1. The number of benzene rings is 2. The van der Waals surface area contributed by atoms with Crippen molar-refractivity contribution in [1.29, 1.82) is 0 Å². The number of hydrogen-bond acceptors (Lipinski definition) is 7. The van der Waals surface area contributed by atoms with Crippen molar-refractivity contribution in [2.24, 2.45) is 0 Å². The predicted molar refractivity (Wildman–Crippen MR) is 137 cm³/mol. The van der Waals surface area contributed by atoms with Crippen LogP contribution in [0.5, 0.6) is 11.5 Å². The highest BCUT2D eigenvalue weighted by Crippen LogP contribution is 2.33. The molecule has 2 aromatic carbocycles. The standard InChI is InChI=1S/C27H32N4O3S/c1-20-4-6-21(7-5-20)15-31(16-22-8-9-24-25(14-22)34-19-33-24)17-26-29-23(18-35-26)27(32)28-10-13-30-11-2-3-12-30/h4-9,14,18H,2-3,10-13,15-17,19H2,1H3,(H,28,32). The molecule has 1 aromatic heterocycles. The van der Waals surface area contributed by atoms with Crippen LogP contribution in [0.4, 0.5) is 0 Å². The lowest BCUT2D eigenvalue weighted by molar-refractivity contribution is 0.0945. The van der Waals surface area contributed by atoms with Gasteiger partial charge in [0.2, 0.25) is 6.79 Å². The number of aromatic nitrogens is 1. The number of carbonyl (C=O) groups is 1. The quantitative estimate of drug-likeness (QED) is 0.457. The SMILES string of the molecule is Cc1ccc(CN(Cc2ccc3c(c2)OCO3)Cc2nc(C(=O)NCCN3CCCC3)cs2)cc1. The van der Waals surface area contributed by atoms with E-state index in [-0.39, 0.29) is 12.7 Å². The van der Waals surface area contributed by atoms with Crippen LogP contribution in [0.1, 0.15) is 45.0 Å². The third-order valence-electron chi connectivity index (χ3n) is 6.43. The molecule has 0 atom stereocenters. The minimum Gasteiger partial charge on any atom is -0.454 e. The van der Waals surface area contributed by atoms with E-state index in [1.54, 1.807) is 0 Å². The van der Waals surface area contributed by atoms with E-state index in [2.05, 4.69) is 57.4 Å². The van der Waals surface area contributed by atoms with Gasteiger partial charge in [0.05, 0.1) is 6.54 Å². The number of hydrogen-bond donors (Lipinski definition) is 1. The molecule has 1 N–H and O–H groups in total. The fourth-order valence-corrected chi connectivity index (χ4v) is 5.34. The Hall–Kier alpha value is -2.94. The van der Waals surface area contributed by atoms with Crippen molar-refractivity contribution < 1.29 is 14.3 Å². The number of carbonyl (C=O) groups excluding carboxylic acids is 1. The van der Waals surface area contributed by atoms with E-state index in [0.29, 0.717) is 18.8 Å². The Labute approximate surface area is 210 Å². The van der Waals surface area contributed by atoms with Crippen molar-refractivity contribution in [2.75, 3.05) is 33.0 Å². The summed E-state index contributed by atoms with van der Waals surface area (Å²) in [7, 11) is 0. The van der Waals surface area contributed by atoms with Crippen molar-refractivity contribution in [1.82, 2.24) is 20.1 Å². The number of nitrogens with zero attached hydrogens (tertiary/aromatic N) is 3. The topological polar surface area (TPSA) is 66.9 Å². The molecule has 0 aliphatic carbocycles. The highest BCUT2D eigenvalue weighted by molar-refractivity contribution is 7.09. The van der Waals surface area contributed by atoms with Crippen LogP contribution in [0.3, 0.4) is 0 Å². The highest BCUT2D eigenvalue weighted by Gasteiger charge is 2.18. The summed E-state index contributed by atoms with van der Waals surface area (Å²) in [6, 6.07) is 14.7. The van der Waals surface area contributed by atoms with Crippen molar-refractivity contribution in [3.63, 3.8) is 0 Å². The van der Waals surface area contributed by atoms with Crippen molar-refractivity contribution in [3.05, 3.63) is 75.2 Å². The first kappa shape index (κ1) is 23.8. The van der Waals surface area contributed by atoms with Crippen molar-refractivity contribution >= 4 is 17.2 Å². The summed E-state index contributed by atoms with van der Waals surface area (Å²) in [5.41, 5.74) is 4.15. The molecule has 5 rings (SSSR count). The van der Waals surface area contributed by atoms with E-state index in [0.717, 1.165) is 54.8 Å². The highest BCUT2D eigenvalue weighted by atomic mass is 32.1. The van der Waals surface area contributed by atoms with E-state index in [9.17, 15) is 4.79 Å². The zero-order valence-corrected chi connectivity index (χ0v) is 21.0. The van der Waals surface area contributed by atoms with Gasteiger partial charge in [-0.1, -0.05) is 35.9 Å². The van der Waals surface area contributed by atoms with Gasteiger partial charge in [0.25, 0.3) is 5.91 Å². The van der Waals surface area contributed by atoms with Gasteiger partial charge >= 0.3 is 0 Å². The molecule has 0 unspecified atom stereocenters. The smallest absolute Gasteiger partial charge is 0.270 e. The molecule has 0 radical (unpaired) electrons. The number of rotatable bonds is 10. The molecule has 0 spiro atoms. The van der Waals surface area contributed by atoms with Crippen LogP contribution in [-0.4, -0.2) is 53.7 Å². The Balaban J connectivity index is 1.23. The van der Waals surface area contributed by atoms with E-state index < -0.39 is 0 Å². The first-order valence-corrected chi connectivity index (χ1v) is 13.1. The van der Waals surface area contributed by atoms with Gasteiger partial charge in [-0.15, -0.1) is 11.3 Å². The zero-order chi connectivity index (χ0) is 24.0. The van der Waals surface area contributed by atoms with Gasteiger partial charge in [0.15, 0.2) is 11.5 Å². The Kier molecular flexibility index (Phi) is 7.61. The lowest BCUT2D eigenvalue weighted by Crippen LogP contribution is -2.33. The largest absolute Gasteiger partial charge is 0.454 e. The number of fused-ring (bicyclic) bond motifs is 1. The molecule has 2 aliphatic rings. The first-order valence-electron chi connectivity index (χ1n) is 12.2. The van der Waals surface area contributed by atoms with Gasteiger partial charge in [-0.05, 0) is 56.1 Å². The fraction of sp³-hybridized carbons (Fsp3) is 0.407. The molecule has 3 heterocycles. The Morgan fingerprint density at radius 3 is 2.60 bits per heavy atom. The van der Waals surface area contributed by atoms with Gasteiger partial charge in [-0.25, -0.2) is 4.98 Å². The van der Waals surface area contributed by atoms with E-state index in [1.165, 1.54) is 35.3 Å². The molecular weight excluding hydrogens is 460 g/mol. The van der Waals surface area contributed by atoms with Gasteiger partial charge in [0.1, 0.15) is 10.7 Å². The maximum Gasteiger partial charge on any atom is 0.270 e. The molecule has 8 heteroatoms. The molecule has 2 aliphatic heterocycles. The summed E-state index contributed by atoms with van der Waals surface area (Å²) in [5.74, 6) is 1.49. The fourth-order valence-electron chi connectivity index (χ4n) is 4.52. The van der Waals surface area contributed by atoms with Gasteiger partial charge < -0.3 is 19.7 Å². The van der Waals surface area contributed by atoms with Crippen LogP contribution in [-0.2, 0) is 19.6 Å². The average Bonchev–Trinajstić information content (AvgIpc) is 3.62. The molecule has 1 amide bonds. The maximum absolute atomic E-state index is 12.6. The van der Waals surface area contributed by atoms with Crippen LogP contribution < -0.4 is 14.8 Å². The summed E-state index contributed by atoms with van der Waals surface area (Å²) in [6.07, 6.45) is 2.52. The molecule has 1 fully saturated rings. The normalized spacial score (nSPS) is 15.1. The molecular formula is C27H32N4O3S. The molecule has 1 saturated heterocycles. The summed E-state index contributed by atoms with van der Waals surface area (Å²) in [4.78, 5) is 22.0. The third kappa shape index (κ3) is 6.39. The summed E-state index contributed by atoms with van der Waals surface area (Å²) in [6.45, 7) is 8.39. The summed E-state index contributed by atoms with van der Waals surface area (Å²) in [5, 5.41) is 5.82. The average molecular weight is 493 g/mol. The maximum atomic E-state index is 12.6. The zero-order valence-electron chi connectivity index (χ0n) is 20.2. The van der Waals surface area contributed by atoms with Crippen LogP contribution in [0.15, 0.2) is 47.8 Å². The van der Waals surface area contributed by atoms with Crippen LogP contribution in [0.2, 0.25) is 0 Å². The monoisotopic (exact) mass is 492 g/mol. The number of nitrogens with one attached hydrogen (secondary N) is 1. The summed E-state index contributed by atoms with van der Waals surface area (Å²) < 4.78 is 11.0. The minimum absolute atomic E-state index is 0.0902. The number of thiazole rings is 1. The molecule has 0 bridgehead atoms. The number of aryl methyl sites for hydroxylation is 1. The van der Waals surface area contributed by atoms with Crippen molar-refractivity contribution in [2.45, 2.75) is 39.4 Å². The van der Waals surface area contributed by atoms with Crippen LogP contribution in [0, 0.1) is 6.92 Å². The molecule has 0 saturated carbocycles. The van der Waals surface area contributed by atoms with Gasteiger partial charge in [-0.3, -0.25) is 9.69 Å². The van der Waals surface area contributed by atoms with E-state index >= 15 is 0 Å². The Morgan fingerprint density at radius 2 is 1.77 bits per heavy atom.